The molecule has 8 heteroatoms. The highest BCUT2D eigenvalue weighted by atomic mass is 19.4. The molecule has 1 aromatic carbocycles. The van der Waals surface area contributed by atoms with Crippen LogP contribution in [0.5, 0.6) is 0 Å². The number of methoxy groups -OCH3 is 1. The van der Waals surface area contributed by atoms with Crippen LogP contribution in [-0.2, 0) is 30.4 Å². The van der Waals surface area contributed by atoms with Crippen LogP contribution in [-0.4, -0.2) is 29.2 Å². The predicted molar refractivity (Wildman–Crippen MR) is 79.5 cm³/mol. The van der Waals surface area contributed by atoms with Crippen molar-refractivity contribution in [1.29, 1.82) is 0 Å². The van der Waals surface area contributed by atoms with Gasteiger partial charge in [-0.15, -0.1) is 0 Å². The molecule has 0 saturated heterocycles. The second-order valence-corrected chi connectivity index (χ2v) is 5.49. The molecule has 1 aliphatic rings. The van der Waals surface area contributed by atoms with E-state index in [4.69, 9.17) is 4.74 Å². The monoisotopic (exact) mass is 339 g/mol. The number of alkyl halides is 3. The number of ether oxygens (including phenoxy) is 1. The molecule has 1 aliphatic heterocycles. The number of benzene rings is 1. The third-order valence-electron chi connectivity index (χ3n) is 4.01. The molecular formula is C16H16F3N3O2. The molecule has 2 heterocycles. The molecule has 3 rings (SSSR count). The van der Waals surface area contributed by atoms with E-state index in [1.165, 1.54) is 23.8 Å². The van der Waals surface area contributed by atoms with Gasteiger partial charge < -0.3 is 14.6 Å². The smallest absolute Gasteiger partial charge is 0.416 e. The lowest BCUT2D eigenvalue weighted by atomic mass is 10.1. The Morgan fingerprint density at radius 1 is 1.38 bits per heavy atom. The number of fused-ring (bicyclic) bond motifs is 1. The molecule has 0 atom stereocenters. The molecule has 0 bridgehead atoms. The van der Waals surface area contributed by atoms with Gasteiger partial charge in [-0.25, -0.2) is 9.78 Å². The number of hydrogen-bond acceptors (Lipinski definition) is 4. The number of nitrogens with one attached hydrogen (secondary N) is 1. The number of aromatic nitrogens is 2. The summed E-state index contributed by atoms with van der Waals surface area (Å²) in [6.07, 6.45) is -3.86. The predicted octanol–water partition coefficient (Wildman–Crippen LogP) is 2.38. The zero-order valence-corrected chi connectivity index (χ0v) is 13.0. The maximum atomic E-state index is 13.2. The first-order valence-corrected chi connectivity index (χ1v) is 7.44. The van der Waals surface area contributed by atoms with E-state index in [-0.39, 0.29) is 17.9 Å². The van der Waals surface area contributed by atoms with Crippen LogP contribution in [0.15, 0.2) is 24.3 Å². The molecule has 2 aromatic rings. The molecule has 0 spiro atoms. The lowest BCUT2D eigenvalue weighted by molar-refractivity contribution is -0.138. The molecule has 24 heavy (non-hydrogen) atoms. The minimum atomic E-state index is -4.45. The van der Waals surface area contributed by atoms with E-state index in [0.717, 1.165) is 11.8 Å². The quantitative estimate of drug-likeness (QED) is 0.873. The fourth-order valence-corrected chi connectivity index (χ4v) is 2.89. The molecule has 0 fully saturated rings. The van der Waals surface area contributed by atoms with Crippen molar-refractivity contribution >= 4 is 5.97 Å². The lowest BCUT2D eigenvalue weighted by Gasteiger charge is -2.18. The maximum absolute atomic E-state index is 13.2. The van der Waals surface area contributed by atoms with Crippen LogP contribution in [0.2, 0.25) is 0 Å². The summed E-state index contributed by atoms with van der Waals surface area (Å²) in [5.74, 6) is -0.628. The number of hydrogen-bond donors (Lipinski definition) is 1. The summed E-state index contributed by atoms with van der Waals surface area (Å²) in [6.45, 7) is 1.08. The van der Waals surface area contributed by atoms with Crippen molar-refractivity contribution in [3.8, 4) is 0 Å². The van der Waals surface area contributed by atoms with Gasteiger partial charge in [0.25, 0.3) is 0 Å². The molecule has 0 aliphatic carbocycles. The first kappa shape index (κ1) is 16.5. The molecule has 128 valence electrons. The van der Waals surface area contributed by atoms with Crippen LogP contribution in [0.4, 0.5) is 13.2 Å². The average molecular weight is 339 g/mol. The zero-order chi connectivity index (χ0) is 17.3. The summed E-state index contributed by atoms with van der Waals surface area (Å²) >= 11 is 0. The lowest BCUT2D eigenvalue weighted by Crippen LogP contribution is -2.25. The van der Waals surface area contributed by atoms with Crippen LogP contribution < -0.4 is 5.32 Å². The van der Waals surface area contributed by atoms with Gasteiger partial charge in [0, 0.05) is 25.2 Å². The van der Waals surface area contributed by atoms with Gasteiger partial charge in [0.1, 0.15) is 0 Å². The van der Waals surface area contributed by atoms with Gasteiger partial charge in [-0.05, 0) is 11.6 Å². The van der Waals surface area contributed by atoms with Gasteiger partial charge in [0.2, 0.25) is 5.82 Å². The molecule has 1 N–H and O–H groups in total. The Labute approximate surface area is 136 Å². The number of halogens is 3. The van der Waals surface area contributed by atoms with E-state index >= 15 is 0 Å². The van der Waals surface area contributed by atoms with Crippen LogP contribution >= 0.6 is 0 Å². The normalized spacial score (nSPS) is 14.3. The summed E-state index contributed by atoms with van der Waals surface area (Å²) in [5, 5.41) is 3.13. The van der Waals surface area contributed by atoms with E-state index in [2.05, 4.69) is 10.3 Å². The number of imidazole rings is 1. The number of carbonyl (C=O) groups excluding carboxylic acids is 1. The average Bonchev–Trinajstić information content (AvgIpc) is 2.92. The number of esters is 1. The number of rotatable bonds is 3. The van der Waals surface area contributed by atoms with Crippen LogP contribution in [0.3, 0.4) is 0 Å². The van der Waals surface area contributed by atoms with E-state index in [1.807, 2.05) is 0 Å². The topological polar surface area (TPSA) is 56.1 Å². The van der Waals surface area contributed by atoms with Gasteiger partial charge in [-0.1, -0.05) is 18.2 Å². The highest BCUT2D eigenvalue weighted by molar-refractivity contribution is 5.85. The molecule has 5 nitrogen and oxygen atoms in total. The summed E-state index contributed by atoms with van der Waals surface area (Å²) < 4.78 is 45.9. The van der Waals surface area contributed by atoms with Crippen molar-refractivity contribution in [3.63, 3.8) is 0 Å². The Hall–Kier alpha value is -2.35. The highest BCUT2D eigenvalue weighted by Gasteiger charge is 2.34. The van der Waals surface area contributed by atoms with Gasteiger partial charge in [0.05, 0.1) is 24.9 Å². The molecule has 0 radical (unpaired) electrons. The standard InChI is InChI=1S/C16H16F3N3O2/c1-24-15(23)14-21-12-8-20-7-6-13(12)22(14)9-10-4-2-3-5-11(10)16(17,18)19/h2-5,20H,6-9H2,1H3. The largest absolute Gasteiger partial charge is 0.463 e. The Bertz CT molecular complexity index is 768. The van der Waals surface area contributed by atoms with Crippen LogP contribution in [0, 0.1) is 0 Å². The van der Waals surface area contributed by atoms with Crippen LogP contribution in [0.25, 0.3) is 0 Å². The van der Waals surface area contributed by atoms with E-state index in [0.29, 0.717) is 25.2 Å². The molecule has 0 unspecified atom stereocenters. The third-order valence-corrected chi connectivity index (χ3v) is 4.01. The number of carbonyl (C=O) groups is 1. The Morgan fingerprint density at radius 3 is 2.83 bits per heavy atom. The summed E-state index contributed by atoms with van der Waals surface area (Å²) in [6, 6.07) is 5.35. The van der Waals surface area contributed by atoms with E-state index in [9.17, 15) is 18.0 Å². The zero-order valence-electron chi connectivity index (χ0n) is 13.0. The SMILES string of the molecule is COC(=O)c1nc2c(n1Cc1ccccc1C(F)(F)F)CCNC2. The second-order valence-electron chi connectivity index (χ2n) is 5.49. The summed E-state index contributed by atoms with van der Waals surface area (Å²) in [5.41, 5.74) is 0.823. The fraction of sp³-hybridized carbons (Fsp3) is 0.375. The van der Waals surface area contributed by atoms with Gasteiger partial charge in [-0.3, -0.25) is 0 Å². The minimum Gasteiger partial charge on any atom is -0.463 e. The van der Waals surface area contributed by atoms with Crippen molar-refractivity contribution in [2.24, 2.45) is 0 Å². The van der Waals surface area contributed by atoms with Crippen LogP contribution in [0.1, 0.15) is 33.1 Å². The maximum Gasteiger partial charge on any atom is 0.416 e. The Balaban J connectivity index is 2.08. The van der Waals surface area contributed by atoms with Gasteiger partial charge in [0.15, 0.2) is 0 Å². The van der Waals surface area contributed by atoms with Crippen molar-refractivity contribution in [2.75, 3.05) is 13.7 Å². The third kappa shape index (κ3) is 3.01. The minimum absolute atomic E-state index is 0.0307. The first-order valence-electron chi connectivity index (χ1n) is 7.44. The Morgan fingerprint density at radius 2 is 2.12 bits per heavy atom. The van der Waals surface area contributed by atoms with Crippen molar-refractivity contribution in [2.45, 2.75) is 25.7 Å². The van der Waals surface area contributed by atoms with E-state index in [1.54, 1.807) is 6.07 Å². The summed E-state index contributed by atoms with van der Waals surface area (Å²) in [7, 11) is 1.22. The Kier molecular flexibility index (Phi) is 4.31. The second kappa shape index (κ2) is 6.27. The van der Waals surface area contributed by atoms with E-state index < -0.39 is 17.7 Å². The van der Waals surface area contributed by atoms with Crippen molar-refractivity contribution < 1.29 is 22.7 Å². The van der Waals surface area contributed by atoms with Gasteiger partial charge >= 0.3 is 12.1 Å². The van der Waals surface area contributed by atoms with Crippen molar-refractivity contribution in [1.82, 2.24) is 14.9 Å². The number of nitrogens with zero attached hydrogens (tertiary/aromatic N) is 2. The van der Waals surface area contributed by atoms with Crippen molar-refractivity contribution in [3.05, 3.63) is 52.6 Å². The molecular weight excluding hydrogens is 323 g/mol. The molecule has 1 aromatic heterocycles. The molecule has 0 saturated carbocycles. The first-order chi connectivity index (χ1) is 11.4. The van der Waals surface area contributed by atoms with Gasteiger partial charge in [-0.2, -0.15) is 13.2 Å². The summed E-state index contributed by atoms with van der Waals surface area (Å²) in [4.78, 5) is 16.2. The highest BCUT2D eigenvalue weighted by Crippen LogP contribution is 2.32. The fourth-order valence-electron chi connectivity index (χ4n) is 2.89. The molecule has 0 amide bonds.